The van der Waals surface area contributed by atoms with Crippen molar-refractivity contribution in [2.24, 2.45) is 5.73 Å². The molecule has 18 heavy (non-hydrogen) atoms. The fourth-order valence-electron chi connectivity index (χ4n) is 1.38. The monoisotopic (exact) mass is 250 g/mol. The highest BCUT2D eigenvalue weighted by molar-refractivity contribution is 5.89. The minimum atomic E-state index is -0.473. The predicted octanol–water partition coefficient (Wildman–Crippen LogP) is 0.827. The zero-order chi connectivity index (χ0) is 13.5. The molecular weight excluding hydrogens is 232 g/mol. The topological polar surface area (TPSA) is 81.4 Å². The van der Waals surface area contributed by atoms with Crippen LogP contribution in [-0.2, 0) is 16.1 Å². The van der Waals surface area contributed by atoms with E-state index in [2.05, 4.69) is 10.1 Å². The van der Waals surface area contributed by atoms with Gasteiger partial charge >= 0.3 is 5.97 Å². The first-order chi connectivity index (χ1) is 8.58. The third-order valence-electron chi connectivity index (χ3n) is 2.62. The number of esters is 1. The SMILES string of the molecule is CC[C@H](N)C(=O)NCc1ccc(C(=O)OC)cc1. The summed E-state index contributed by atoms with van der Waals surface area (Å²) in [6.07, 6.45) is 0.604. The van der Waals surface area contributed by atoms with Crippen LogP contribution in [0.3, 0.4) is 0 Å². The maximum Gasteiger partial charge on any atom is 0.337 e. The van der Waals surface area contributed by atoms with E-state index in [0.717, 1.165) is 5.56 Å². The number of methoxy groups -OCH3 is 1. The molecule has 3 N–H and O–H groups in total. The summed E-state index contributed by atoms with van der Waals surface area (Å²) >= 11 is 0. The lowest BCUT2D eigenvalue weighted by Crippen LogP contribution is -2.39. The standard InChI is InChI=1S/C13H18N2O3/c1-3-11(14)12(16)15-8-9-4-6-10(7-5-9)13(17)18-2/h4-7,11H,3,8,14H2,1-2H3,(H,15,16)/t11-/m0/s1. The molecule has 98 valence electrons. The van der Waals surface area contributed by atoms with Gasteiger partial charge in [-0.2, -0.15) is 0 Å². The van der Waals surface area contributed by atoms with E-state index in [0.29, 0.717) is 18.5 Å². The van der Waals surface area contributed by atoms with E-state index in [-0.39, 0.29) is 11.9 Å². The van der Waals surface area contributed by atoms with Gasteiger partial charge in [-0.1, -0.05) is 19.1 Å². The molecule has 1 rings (SSSR count). The third kappa shape index (κ3) is 3.85. The van der Waals surface area contributed by atoms with Crippen molar-refractivity contribution in [3.8, 4) is 0 Å². The van der Waals surface area contributed by atoms with Gasteiger partial charge in [-0.3, -0.25) is 4.79 Å². The fourth-order valence-corrected chi connectivity index (χ4v) is 1.38. The van der Waals surface area contributed by atoms with Crippen molar-refractivity contribution in [3.05, 3.63) is 35.4 Å². The van der Waals surface area contributed by atoms with E-state index in [1.165, 1.54) is 7.11 Å². The molecule has 0 spiro atoms. The number of rotatable bonds is 5. The molecule has 5 nitrogen and oxygen atoms in total. The van der Waals surface area contributed by atoms with Gasteiger partial charge in [0.25, 0.3) is 0 Å². The Morgan fingerprint density at radius 2 is 1.94 bits per heavy atom. The van der Waals surface area contributed by atoms with E-state index < -0.39 is 6.04 Å². The summed E-state index contributed by atoms with van der Waals surface area (Å²) in [7, 11) is 1.34. The highest BCUT2D eigenvalue weighted by Gasteiger charge is 2.10. The minimum absolute atomic E-state index is 0.172. The van der Waals surface area contributed by atoms with Gasteiger partial charge in [0.05, 0.1) is 18.7 Å². The third-order valence-corrected chi connectivity index (χ3v) is 2.62. The highest BCUT2D eigenvalue weighted by Crippen LogP contribution is 2.05. The van der Waals surface area contributed by atoms with E-state index in [1.807, 2.05) is 6.92 Å². The van der Waals surface area contributed by atoms with Gasteiger partial charge in [-0.25, -0.2) is 4.79 Å². The number of hydrogen-bond donors (Lipinski definition) is 2. The zero-order valence-corrected chi connectivity index (χ0v) is 10.6. The molecule has 1 amide bonds. The Morgan fingerprint density at radius 3 is 2.44 bits per heavy atom. The number of carbonyl (C=O) groups is 2. The second-order valence-electron chi connectivity index (χ2n) is 3.92. The number of ether oxygens (including phenoxy) is 1. The second-order valence-corrected chi connectivity index (χ2v) is 3.92. The molecule has 0 bridgehead atoms. The summed E-state index contributed by atoms with van der Waals surface area (Å²) < 4.78 is 4.60. The van der Waals surface area contributed by atoms with Gasteiger partial charge in [-0.15, -0.1) is 0 Å². The van der Waals surface area contributed by atoms with Crippen LogP contribution in [0.15, 0.2) is 24.3 Å². The van der Waals surface area contributed by atoms with E-state index in [4.69, 9.17) is 5.73 Å². The quantitative estimate of drug-likeness (QED) is 0.758. The number of hydrogen-bond acceptors (Lipinski definition) is 4. The molecule has 5 heteroatoms. The first-order valence-corrected chi connectivity index (χ1v) is 5.79. The molecule has 0 saturated heterocycles. The molecule has 0 saturated carbocycles. The molecule has 0 aliphatic carbocycles. The van der Waals surface area contributed by atoms with Crippen LogP contribution in [0.5, 0.6) is 0 Å². The van der Waals surface area contributed by atoms with Gasteiger partial charge in [0.2, 0.25) is 5.91 Å². The molecule has 0 heterocycles. The van der Waals surface area contributed by atoms with Crippen LogP contribution in [0.1, 0.15) is 29.3 Å². The van der Waals surface area contributed by atoms with Gasteiger partial charge in [-0.05, 0) is 24.1 Å². The van der Waals surface area contributed by atoms with Crippen LogP contribution in [0, 0.1) is 0 Å². The van der Waals surface area contributed by atoms with Gasteiger partial charge in [0.1, 0.15) is 0 Å². The van der Waals surface area contributed by atoms with Crippen molar-refractivity contribution in [2.45, 2.75) is 25.9 Å². The maximum absolute atomic E-state index is 11.5. The molecule has 0 aliphatic heterocycles. The van der Waals surface area contributed by atoms with Crippen LogP contribution in [0.25, 0.3) is 0 Å². The van der Waals surface area contributed by atoms with Crippen molar-refractivity contribution >= 4 is 11.9 Å². The zero-order valence-electron chi connectivity index (χ0n) is 10.6. The summed E-state index contributed by atoms with van der Waals surface area (Å²) in [4.78, 5) is 22.7. The Morgan fingerprint density at radius 1 is 1.33 bits per heavy atom. The van der Waals surface area contributed by atoms with Crippen molar-refractivity contribution < 1.29 is 14.3 Å². The van der Waals surface area contributed by atoms with Crippen molar-refractivity contribution in [1.29, 1.82) is 0 Å². The van der Waals surface area contributed by atoms with E-state index in [9.17, 15) is 9.59 Å². The van der Waals surface area contributed by atoms with Crippen LogP contribution in [0.4, 0.5) is 0 Å². The smallest absolute Gasteiger partial charge is 0.337 e. The Bertz CT molecular complexity index is 415. The Labute approximate surface area is 106 Å². The largest absolute Gasteiger partial charge is 0.465 e. The molecule has 1 aromatic carbocycles. The summed E-state index contributed by atoms with van der Waals surface area (Å²) in [6, 6.07) is 6.38. The van der Waals surface area contributed by atoms with Crippen molar-refractivity contribution in [3.63, 3.8) is 0 Å². The number of carbonyl (C=O) groups excluding carboxylic acids is 2. The van der Waals surface area contributed by atoms with Crippen LogP contribution in [0.2, 0.25) is 0 Å². The molecule has 1 atom stereocenters. The van der Waals surface area contributed by atoms with Crippen molar-refractivity contribution in [2.75, 3.05) is 7.11 Å². The highest BCUT2D eigenvalue weighted by atomic mass is 16.5. The average Bonchev–Trinajstić information content (AvgIpc) is 2.43. The van der Waals surface area contributed by atoms with Crippen molar-refractivity contribution in [1.82, 2.24) is 5.32 Å². The molecular formula is C13H18N2O3. The van der Waals surface area contributed by atoms with E-state index in [1.54, 1.807) is 24.3 Å². The summed E-state index contributed by atoms with van der Waals surface area (Å²) in [5.74, 6) is -0.548. The second kappa shape index (κ2) is 6.76. The normalized spacial score (nSPS) is 11.7. The lowest BCUT2D eigenvalue weighted by Gasteiger charge is -2.10. The van der Waals surface area contributed by atoms with Gasteiger partial charge in [0.15, 0.2) is 0 Å². The summed E-state index contributed by atoms with van der Waals surface area (Å²) in [5.41, 5.74) is 6.98. The summed E-state index contributed by atoms with van der Waals surface area (Å²) in [6.45, 7) is 2.25. The van der Waals surface area contributed by atoms with Crippen LogP contribution >= 0.6 is 0 Å². The molecule has 0 radical (unpaired) electrons. The lowest BCUT2D eigenvalue weighted by atomic mass is 10.1. The van der Waals surface area contributed by atoms with Crippen LogP contribution in [-0.4, -0.2) is 25.0 Å². The van der Waals surface area contributed by atoms with E-state index >= 15 is 0 Å². The Hall–Kier alpha value is -1.88. The van der Waals surface area contributed by atoms with Crippen LogP contribution < -0.4 is 11.1 Å². The predicted molar refractivity (Wildman–Crippen MR) is 67.9 cm³/mol. The maximum atomic E-state index is 11.5. The number of amides is 1. The fraction of sp³-hybridized carbons (Fsp3) is 0.385. The Kier molecular flexibility index (Phi) is 5.32. The number of benzene rings is 1. The van der Waals surface area contributed by atoms with Gasteiger partial charge in [0, 0.05) is 6.54 Å². The molecule has 0 unspecified atom stereocenters. The molecule has 0 fully saturated rings. The van der Waals surface area contributed by atoms with Gasteiger partial charge < -0.3 is 15.8 Å². The Balaban J connectivity index is 2.54. The number of nitrogens with one attached hydrogen (secondary N) is 1. The lowest BCUT2D eigenvalue weighted by molar-refractivity contribution is -0.122. The minimum Gasteiger partial charge on any atom is -0.465 e. The first kappa shape index (κ1) is 14.2. The summed E-state index contributed by atoms with van der Waals surface area (Å²) in [5, 5.41) is 2.73. The first-order valence-electron chi connectivity index (χ1n) is 5.79. The average molecular weight is 250 g/mol. The molecule has 0 aliphatic rings. The molecule has 0 aromatic heterocycles. The number of nitrogens with two attached hydrogens (primary N) is 1. The molecule has 1 aromatic rings.